The summed E-state index contributed by atoms with van der Waals surface area (Å²) in [7, 11) is 0. The maximum atomic E-state index is 13.5. The monoisotopic (exact) mass is 497 g/mol. The van der Waals surface area contributed by atoms with Gasteiger partial charge < -0.3 is 20.3 Å². The molecule has 0 radical (unpaired) electrons. The second-order valence-electron chi connectivity index (χ2n) is 7.58. The lowest BCUT2D eigenvalue weighted by molar-refractivity contribution is -0.139. The second kappa shape index (κ2) is 14.7. The zero-order valence-electron chi connectivity index (χ0n) is 18.8. The van der Waals surface area contributed by atoms with Gasteiger partial charge in [-0.2, -0.15) is 18.3 Å². The van der Waals surface area contributed by atoms with Crippen LogP contribution in [0.1, 0.15) is 42.4 Å². The number of hydrogen-bond donors (Lipinski definition) is 3. The molecule has 0 spiro atoms. The Balaban J connectivity index is 1.75. The third kappa shape index (κ3) is 10.2. The maximum absolute atomic E-state index is 13.5. The summed E-state index contributed by atoms with van der Waals surface area (Å²) in [5.41, 5.74) is 8.27. The van der Waals surface area contributed by atoms with E-state index >= 15 is 0 Å². The molecule has 4 N–H and O–H groups in total. The molecule has 0 aliphatic heterocycles. The second-order valence-corrected chi connectivity index (χ2v) is 7.98. The zero-order chi connectivity index (χ0) is 24.8. The fourth-order valence-electron chi connectivity index (χ4n) is 2.93. The Kier molecular flexibility index (Phi) is 12.0. The van der Waals surface area contributed by atoms with Crippen molar-refractivity contribution in [1.29, 1.82) is 0 Å². The zero-order valence-corrected chi connectivity index (χ0v) is 19.6. The molecule has 0 heterocycles. The summed E-state index contributed by atoms with van der Waals surface area (Å²) in [5, 5.41) is 12.6. The van der Waals surface area contributed by atoms with Crippen LogP contribution in [-0.2, 0) is 17.5 Å². The molecule has 1 atom stereocenters. The molecular formula is C24H30F3N3O3S. The molecule has 0 bridgehead atoms. The summed E-state index contributed by atoms with van der Waals surface area (Å²) in [6.07, 6.45) is -0.133. The largest absolute Gasteiger partial charge is 0.493 e. The van der Waals surface area contributed by atoms with Gasteiger partial charge in [-0.3, -0.25) is 5.43 Å². The highest BCUT2D eigenvalue weighted by molar-refractivity contribution is 7.80. The molecule has 0 aliphatic rings. The minimum absolute atomic E-state index is 0.00655. The maximum Gasteiger partial charge on any atom is 0.419 e. The van der Waals surface area contributed by atoms with Crippen LogP contribution in [0.3, 0.4) is 0 Å². The van der Waals surface area contributed by atoms with Gasteiger partial charge >= 0.3 is 6.18 Å². The van der Waals surface area contributed by atoms with E-state index in [1.165, 1.54) is 18.3 Å². The van der Waals surface area contributed by atoms with Gasteiger partial charge in [0.1, 0.15) is 10.7 Å². The fourth-order valence-corrected chi connectivity index (χ4v) is 3.11. The van der Waals surface area contributed by atoms with Gasteiger partial charge in [0.15, 0.2) is 0 Å². The molecule has 186 valence electrons. The van der Waals surface area contributed by atoms with Gasteiger partial charge in [-0.05, 0) is 43.0 Å². The van der Waals surface area contributed by atoms with Crippen LogP contribution < -0.4 is 15.9 Å². The van der Waals surface area contributed by atoms with E-state index in [1.54, 1.807) is 0 Å². The molecule has 0 fully saturated rings. The Hall–Kier alpha value is -2.53. The summed E-state index contributed by atoms with van der Waals surface area (Å²) in [6.45, 7) is 1.07. The van der Waals surface area contributed by atoms with Crippen LogP contribution in [0.15, 0.2) is 53.6 Å². The van der Waals surface area contributed by atoms with Gasteiger partial charge in [-0.1, -0.05) is 49.0 Å². The van der Waals surface area contributed by atoms with E-state index in [0.717, 1.165) is 30.9 Å². The molecule has 34 heavy (non-hydrogen) atoms. The van der Waals surface area contributed by atoms with Crippen LogP contribution in [0.2, 0.25) is 0 Å². The highest BCUT2D eigenvalue weighted by Gasteiger charge is 2.35. The Morgan fingerprint density at radius 1 is 1.09 bits per heavy atom. The van der Waals surface area contributed by atoms with Gasteiger partial charge in [0.25, 0.3) is 0 Å². The van der Waals surface area contributed by atoms with E-state index in [2.05, 4.69) is 10.5 Å². The first kappa shape index (κ1) is 27.7. The molecule has 2 aromatic carbocycles. The van der Waals surface area contributed by atoms with Crippen LogP contribution in [-0.4, -0.2) is 42.2 Å². The predicted octanol–water partition coefficient (Wildman–Crippen LogP) is 4.43. The third-order valence-electron chi connectivity index (χ3n) is 4.74. The van der Waals surface area contributed by atoms with Crippen molar-refractivity contribution < 1.29 is 27.8 Å². The van der Waals surface area contributed by atoms with E-state index in [1.807, 2.05) is 30.3 Å². The molecule has 6 nitrogen and oxygen atoms in total. The lowest BCUT2D eigenvalue weighted by atomic mass is 10.1. The highest BCUT2D eigenvalue weighted by Crippen LogP contribution is 2.37. The van der Waals surface area contributed by atoms with E-state index < -0.39 is 17.8 Å². The first-order valence-electron chi connectivity index (χ1n) is 11.0. The standard InChI is InChI=1S/C24H30F3N3O3S/c25-24(26,27)21-14-19(23(34)30-29-15-20(28)16-31)10-11-22(21)33-13-7-2-1-6-12-32-17-18-8-4-3-5-9-18/h3-5,8-11,14-15,20,31H,1-2,6-7,12-13,16-17,28H2,(H,30,34)/b29-15+. The van der Waals surface area contributed by atoms with Crippen LogP contribution in [0, 0.1) is 0 Å². The van der Waals surface area contributed by atoms with E-state index in [9.17, 15) is 13.2 Å². The minimum atomic E-state index is -4.60. The average Bonchev–Trinajstić information content (AvgIpc) is 2.82. The first-order valence-corrected chi connectivity index (χ1v) is 11.4. The lowest BCUT2D eigenvalue weighted by Crippen LogP contribution is -2.28. The quantitative estimate of drug-likeness (QED) is 0.155. The summed E-state index contributed by atoms with van der Waals surface area (Å²) in [4.78, 5) is -0.00655. The number of nitrogens with two attached hydrogens (primary N) is 1. The predicted molar refractivity (Wildman–Crippen MR) is 130 cm³/mol. The van der Waals surface area contributed by atoms with Gasteiger partial charge in [0.2, 0.25) is 0 Å². The topological polar surface area (TPSA) is 89.1 Å². The van der Waals surface area contributed by atoms with E-state index in [4.69, 9.17) is 32.5 Å². The molecule has 1 unspecified atom stereocenters. The fraction of sp³-hybridized carbons (Fsp3) is 0.417. The molecule has 0 saturated carbocycles. The molecule has 2 aromatic rings. The van der Waals surface area contributed by atoms with Crippen molar-refractivity contribution in [3.63, 3.8) is 0 Å². The third-order valence-corrected chi connectivity index (χ3v) is 5.07. The first-order chi connectivity index (χ1) is 16.3. The van der Waals surface area contributed by atoms with Crippen molar-refractivity contribution in [2.24, 2.45) is 10.8 Å². The summed E-state index contributed by atoms with van der Waals surface area (Å²) in [6, 6.07) is 12.8. The number of nitrogens with zero attached hydrogens (tertiary/aromatic N) is 1. The number of aliphatic hydroxyl groups excluding tert-OH is 1. The van der Waals surface area contributed by atoms with Crippen molar-refractivity contribution >= 4 is 23.4 Å². The van der Waals surface area contributed by atoms with Crippen LogP contribution in [0.5, 0.6) is 5.75 Å². The number of thiocarbonyl (C=S) groups is 1. The Morgan fingerprint density at radius 2 is 1.79 bits per heavy atom. The van der Waals surface area contributed by atoms with Crippen molar-refractivity contribution in [2.45, 2.75) is 44.5 Å². The Labute approximate surface area is 202 Å². The number of nitrogens with one attached hydrogen (secondary N) is 1. The molecule has 0 aliphatic carbocycles. The summed E-state index contributed by atoms with van der Waals surface area (Å²) < 4.78 is 51.7. The molecular weight excluding hydrogens is 467 g/mol. The number of hydrazone groups is 1. The summed E-state index contributed by atoms with van der Waals surface area (Å²) >= 11 is 5.08. The van der Waals surface area contributed by atoms with Crippen molar-refractivity contribution in [3.8, 4) is 5.75 Å². The lowest BCUT2D eigenvalue weighted by Gasteiger charge is -2.16. The average molecular weight is 498 g/mol. The van der Waals surface area contributed by atoms with Crippen molar-refractivity contribution in [3.05, 3.63) is 65.2 Å². The van der Waals surface area contributed by atoms with Gasteiger partial charge in [0, 0.05) is 18.4 Å². The van der Waals surface area contributed by atoms with Crippen LogP contribution in [0.4, 0.5) is 13.2 Å². The number of aliphatic hydroxyl groups is 1. The van der Waals surface area contributed by atoms with Gasteiger partial charge in [-0.25, -0.2) is 0 Å². The SMILES string of the molecule is NC(/C=N/NC(=S)c1ccc(OCCCCCCOCc2ccccc2)c(C(F)(F)F)c1)CO. The number of rotatable bonds is 14. The van der Waals surface area contributed by atoms with E-state index in [-0.39, 0.29) is 29.5 Å². The van der Waals surface area contributed by atoms with Crippen LogP contribution in [0.25, 0.3) is 0 Å². The van der Waals surface area contributed by atoms with Gasteiger partial charge in [0.05, 0.1) is 31.4 Å². The Morgan fingerprint density at radius 3 is 2.47 bits per heavy atom. The highest BCUT2D eigenvalue weighted by atomic mass is 32.1. The normalized spacial score (nSPS) is 12.6. The van der Waals surface area contributed by atoms with Gasteiger partial charge in [-0.15, -0.1) is 0 Å². The minimum Gasteiger partial charge on any atom is -0.493 e. The number of ether oxygens (including phenoxy) is 2. The smallest absolute Gasteiger partial charge is 0.419 e. The Bertz CT molecular complexity index is 911. The van der Waals surface area contributed by atoms with Crippen molar-refractivity contribution in [2.75, 3.05) is 19.8 Å². The molecule has 0 amide bonds. The van der Waals surface area contributed by atoms with Crippen molar-refractivity contribution in [1.82, 2.24) is 5.43 Å². The molecule has 2 rings (SSSR count). The molecule has 0 saturated heterocycles. The number of benzene rings is 2. The molecule has 0 aromatic heterocycles. The number of halogens is 3. The summed E-state index contributed by atoms with van der Waals surface area (Å²) in [5.74, 6) is -0.240. The number of unbranched alkanes of at least 4 members (excludes halogenated alkanes) is 3. The molecule has 10 heteroatoms. The number of hydrogen-bond acceptors (Lipinski definition) is 6. The van der Waals surface area contributed by atoms with E-state index in [0.29, 0.717) is 19.6 Å². The van der Waals surface area contributed by atoms with Crippen LogP contribution >= 0.6 is 12.2 Å². The number of alkyl halides is 3.